The fourth-order valence-corrected chi connectivity index (χ4v) is 5.93. The number of nitrogens with zero attached hydrogens (tertiary/aromatic N) is 6. The fraction of sp³-hybridized carbons (Fsp3) is 0.821. The van der Waals surface area contributed by atoms with Crippen LogP contribution in [0.5, 0.6) is 0 Å². The molecule has 0 bridgehead atoms. The first-order valence-electron chi connectivity index (χ1n) is 15.2. The SMILES string of the molecule is NN.Nc1cc(C2CCN(CCN3CCOCC3)CC2)[nH]n1.O.[C-]#[N+]CC(=O)C1CCN(CCN2CCOCC2)CC1. The second-order valence-electron chi connectivity index (χ2n) is 11.2. The molecule has 240 valence electrons. The zero-order valence-electron chi connectivity index (χ0n) is 25.2. The highest BCUT2D eigenvalue weighted by Gasteiger charge is 2.26. The summed E-state index contributed by atoms with van der Waals surface area (Å²) >= 11 is 0. The second kappa shape index (κ2) is 20.7. The Bertz CT molecular complexity index is 885. The highest BCUT2D eigenvalue weighted by molar-refractivity contribution is 5.84. The number of piperidine rings is 2. The third-order valence-electron chi connectivity index (χ3n) is 8.60. The first-order chi connectivity index (χ1) is 20.1. The summed E-state index contributed by atoms with van der Waals surface area (Å²) in [6.07, 6.45) is 4.25. The van der Waals surface area contributed by atoms with Crippen LogP contribution in [-0.2, 0) is 14.3 Å². The van der Waals surface area contributed by atoms with Crippen molar-refractivity contribution in [2.24, 2.45) is 17.6 Å². The quantitative estimate of drug-likeness (QED) is 0.156. The number of anilines is 1. The van der Waals surface area contributed by atoms with Crippen molar-refractivity contribution in [3.8, 4) is 0 Å². The number of rotatable bonds is 9. The van der Waals surface area contributed by atoms with Crippen LogP contribution < -0.4 is 17.4 Å². The Morgan fingerprint density at radius 3 is 1.67 bits per heavy atom. The molecule has 9 N–H and O–H groups in total. The number of morpholine rings is 2. The van der Waals surface area contributed by atoms with Gasteiger partial charge in [-0.05, 0) is 51.9 Å². The molecule has 5 heterocycles. The van der Waals surface area contributed by atoms with E-state index in [-0.39, 0.29) is 23.7 Å². The van der Waals surface area contributed by atoms with E-state index in [1.807, 2.05) is 6.07 Å². The minimum absolute atomic E-state index is 0. The highest BCUT2D eigenvalue weighted by atomic mass is 16.5. The van der Waals surface area contributed by atoms with Crippen molar-refractivity contribution in [1.29, 1.82) is 0 Å². The minimum Gasteiger partial charge on any atom is -0.412 e. The Labute approximate surface area is 250 Å². The van der Waals surface area contributed by atoms with Gasteiger partial charge in [-0.15, -0.1) is 0 Å². The van der Waals surface area contributed by atoms with E-state index in [2.05, 4.69) is 46.3 Å². The normalized spacial score (nSPS) is 21.6. The van der Waals surface area contributed by atoms with Gasteiger partial charge < -0.3 is 35.3 Å². The van der Waals surface area contributed by atoms with Crippen molar-refractivity contribution in [2.45, 2.75) is 31.6 Å². The molecule has 5 rings (SSSR count). The Morgan fingerprint density at radius 1 is 0.833 bits per heavy atom. The van der Waals surface area contributed by atoms with Crippen molar-refractivity contribution in [2.75, 3.05) is 117 Å². The molecule has 0 atom stereocenters. The van der Waals surface area contributed by atoms with E-state index in [0.29, 0.717) is 11.7 Å². The molecule has 42 heavy (non-hydrogen) atoms. The molecule has 4 aliphatic rings. The summed E-state index contributed by atoms with van der Waals surface area (Å²) in [4.78, 5) is 24.8. The van der Waals surface area contributed by atoms with E-state index >= 15 is 0 Å². The molecule has 4 saturated heterocycles. The number of nitrogen functional groups attached to an aromatic ring is 1. The lowest BCUT2D eigenvalue weighted by Gasteiger charge is -2.34. The number of hydrazine groups is 1. The van der Waals surface area contributed by atoms with Crippen molar-refractivity contribution < 1.29 is 19.7 Å². The van der Waals surface area contributed by atoms with Gasteiger partial charge in [-0.25, -0.2) is 6.57 Å². The van der Waals surface area contributed by atoms with Crippen LogP contribution in [0.25, 0.3) is 4.85 Å². The standard InChI is InChI=1S/C14H25N5O.C14H23N3O2.H4N2.H2O/c15-14-11-13(16-17-14)12-1-3-18(4-2-12)5-6-19-7-9-20-10-8-19;1-15-12-14(18)13-2-4-16(5-3-13)6-7-17-8-10-19-11-9-17;1-2;/h11-12H,1-10H2,(H3,15,16,17);13H,2-12H2;1-2H2;1H2. The van der Waals surface area contributed by atoms with E-state index < -0.39 is 0 Å². The molecular weight excluding hydrogens is 540 g/mol. The summed E-state index contributed by atoms with van der Waals surface area (Å²) < 4.78 is 10.7. The number of H-pyrrole nitrogens is 1. The number of nitrogens with two attached hydrogens (primary N) is 3. The van der Waals surface area contributed by atoms with Gasteiger partial charge in [0, 0.05) is 76.0 Å². The van der Waals surface area contributed by atoms with Crippen molar-refractivity contribution in [1.82, 2.24) is 29.8 Å². The van der Waals surface area contributed by atoms with Crippen LogP contribution >= 0.6 is 0 Å². The molecule has 14 heteroatoms. The van der Waals surface area contributed by atoms with E-state index in [1.54, 1.807) is 0 Å². The maximum Gasteiger partial charge on any atom is 0.272 e. The number of hydrogen-bond donors (Lipinski definition) is 4. The van der Waals surface area contributed by atoms with E-state index in [1.165, 1.54) is 44.7 Å². The largest absolute Gasteiger partial charge is 0.412 e. The van der Waals surface area contributed by atoms with Crippen LogP contribution in [0.2, 0.25) is 0 Å². The van der Waals surface area contributed by atoms with E-state index in [9.17, 15) is 4.79 Å². The Hall–Kier alpha value is -2.19. The predicted octanol–water partition coefficient (Wildman–Crippen LogP) is -0.983. The summed E-state index contributed by atoms with van der Waals surface area (Å²) in [5.41, 5.74) is 6.88. The summed E-state index contributed by atoms with van der Waals surface area (Å²) in [6, 6.07) is 1.98. The first kappa shape index (κ1) is 36.0. The number of Topliss-reactive ketones (excluding diaryl/α,β-unsaturated/α-hetero) is 1. The Kier molecular flexibility index (Phi) is 17.7. The predicted molar refractivity (Wildman–Crippen MR) is 164 cm³/mol. The Balaban J connectivity index is 0.000000272. The van der Waals surface area contributed by atoms with Crippen molar-refractivity contribution in [3.05, 3.63) is 23.2 Å². The smallest absolute Gasteiger partial charge is 0.272 e. The molecule has 0 aliphatic carbocycles. The lowest BCUT2D eigenvalue weighted by atomic mass is 9.92. The van der Waals surface area contributed by atoms with Gasteiger partial charge in [0.1, 0.15) is 5.82 Å². The summed E-state index contributed by atoms with van der Waals surface area (Å²) in [5, 5.41) is 7.09. The van der Waals surface area contributed by atoms with Crippen molar-refractivity contribution in [3.63, 3.8) is 0 Å². The minimum atomic E-state index is 0. The van der Waals surface area contributed by atoms with E-state index in [0.717, 1.165) is 91.6 Å². The summed E-state index contributed by atoms with van der Waals surface area (Å²) in [5.74, 6) is 9.48. The molecule has 1 aromatic rings. The van der Waals surface area contributed by atoms with E-state index in [4.69, 9.17) is 21.8 Å². The van der Waals surface area contributed by atoms with Gasteiger partial charge in [0.15, 0.2) is 0 Å². The van der Waals surface area contributed by atoms with Gasteiger partial charge in [-0.2, -0.15) is 5.10 Å². The number of aromatic amines is 1. The molecule has 0 radical (unpaired) electrons. The van der Waals surface area contributed by atoms with Crippen LogP contribution in [0.15, 0.2) is 6.07 Å². The number of carbonyl (C=O) groups is 1. The average Bonchev–Trinajstić information content (AvgIpc) is 3.48. The van der Waals surface area contributed by atoms with Crippen LogP contribution in [0.1, 0.15) is 37.3 Å². The molecule has 0 spiro atoms. The first-order valence-corrected chi connectivity index (χ1v) is 15.2. The van der Waals surface area contributed by atoms with Crippen LogP contribution in [0, 0.1) is 12.5 Å². The highest BCUT2D eigenvalue weighted by Crippen LogP contribution is 2.27. The number of carbonyl (C=O) groups excluding carboxylic acids is 1. The molecule has 0 saturated carbocycles. The zero-order valence-corrected chi connectivity index (χ0v) is 25.2. The lowest BCUT2D eigenvalue weighted by Crippen LogP contribution is -2.44. The van der Waals surface area contributed by atoms with Crippen LogP contribution in [0.4, 0.5) is 5.82 Å². The van der Waals surface area contributed by atoms with Gasteiger partial charge in [0.25, 0.3) is 6.54 Å². The van der Waals surface area contributed by atoms with Gasteiger partial charge in [0.05, 0.1) is 26.4 Å². The summed E-state index contributed by atoms with van der Waals surface area (Å²) in [7, 11) is 0. The maximum absolute atomic E-state index is 11.7. The third-order valence-corrected chi connectivity index (χ3v) is 8.60. The number of likely N-dealkylation sites (tertiary alicyclic amines) is 2. The zero-order chi connectivity index (χ0) is 29.3. The monoisotopic (exact) mass is 594 g/mol. The number of aromatic nitrogens is 2. The lowest BCUT2D eigenvalue weighted by molar-refractivity contribution is -0.122. The number of hydrogen-bond acceptors (Lipinski definition) is 11. The molecule has 1 aromatic heterocycles. The number of ether oxygens (including phenoxy) is 2. The topological polar surface area (TPSA) is 191 Å². The molecular formula is C28H54N10O4. The summed E-state index contributed by atoms with van der Waals surface area (Å²) in [6.45, 7) is 23.5. The molecule has 0 amide bonds. The average molecular weight is 595 g/mol. The molecule has 0 unspecified atom stereocenters. The number of ketones is 1. The molecule has 14 nitrogen and oxygen atoms in total. The molecule has 4 fully saturated rings. The molecule has 4 aliphatic heterocycles. The molecule has 0 aromatic carbocycles. The van der Waals surface area contributed by atoms with Gasteiger partial charge in [-0.1, -0.05) is 0 Å². The van der Waals surface area contributed by atoms with Gasteiger partial charge in [0.2, 0.25) is 5.78 Å². The van der Waals surface area contributed by atoms with Crippen LogP contribution in [-0.4, -0.2) is 153 Å². The third kappa shape index (κ3) is 12.6. The number of nitrogens with one attached hydrogen (secondary N) is 1. The van der Waals surface area contributed by atoms with Crippen LogP contribution in [0.3, 0.4) is 0 Å². The maximum atomic E-state index is 11.7. The second-order valence-corrected chi connectivity index (χ2v) is 11.2. The van der Waals surface area contributed by atoms with Gasteiger partial charge >= 0.3 is 0 Å². The van der Waals surface area contributed by atoms with Crippen molar-refractivity contribution >= 4 is 11.6 Å². The van der Waals surface area contributed by atoms with Gasteiger partial charge in [-0.3, -0.25) is 31.4 Å². The fourth-order valence-electron chi connectivity index (χ4n) is 5.93. The Morgan fingerprint density at radius 2 is 1.26 bits per heavy atom.